The van der Waals surface area contributed by atoms with E-state index in [0.717, 1.165) is 16.7 Å². The molecule has 0 spiro atoms. The lowest BCUT2D eigenvalue weighted by Crippen LogP contribution is -2.43. The minimum atomic E-state index is -4.60. The van der Waals surface area contributed by atoms with Crippen molar-refractivity contribution < 1.29 is 27.3 Å². The van der Waals surface area contributed by atoms with Crippen LogP contribution in [0.2, 0.25) is 0 Å². The van der Waals surface area contributed by atoms with E-state index < -0.39 is 24.5 Å². The first-order valence-corrected chi connectivity index (χ1v) is 9.96. The Labute approximate surface area is 180 Å². The van der Waals surface area contributed by atoms with Crippen molar-refractivity contribution in [2.45, 2.75) is 38.4 Å². The Morgan fingerprint density at radius 3 is 2.72 bits per heavy atom. The van der Waals surface area contributed by atoms with Crippen LogP contribution in [0.4, 0.5) is 13.2 Å². The molecule has 0 saturated carbocycles. The number of rotatable bonds is 6. The molecule has 1 unspecified atom stereocenters. The summed E-state index contributed by atoms with van der Waals surface area (Å²) in [7, 11) is 0. The molecule has 3 heterocycles. The highest BCUT2D eigenvalue weighted by Gasteiger charge is 2.36. The summed E-state index contributed by atoms with van der Waals surface area (Å²) < 4.78 is 44.0. The molecule has 2 N–H and O–H groups in total. The van der Waals surface area contributed by atoms with Gasteiger partial charge in [-0.05, 0) is 25.3 Å². The number of aromatic nitrogens is 3. The molecule has 2 amide bonds. The van der Waals surface area contributed by atoms with Gasteiger partial charge in [0.15, 0.2) is 5.82 Å². The molecule has 1 aliphatic rings. The largest absolute Gasteiger partial charge is 0.405 e. The van der Waals surface area contributed by atoms with E-state index in [0.29, 0.717) is 24.3 Å². The number of hydrogen-bond donors (Lipinski definition) is 2. The van der Waals surface area contributed by atoms with Gasteiger partial charge >= 0.3 is 6.18 Å². The van der Waals surface area contributed by atoms with E-state index in [9.17, 15) is 22.8 Å². The number of nitrogens with zero attached hydrogens (tertiary/aromatic N) is 3. The van der Waals surface area contributed by atoms with Gasteiger partial charge in [-0.15, -0.1) is 0 Å². The highest BCUT2D eigenvalue weighted by Crippen LogP contribution is 2.25. The molecule has 4 rings (SSSR count). The second kappa shape index (κ2) is 8.48. The lowest BCUT2D eigenvalue weighted by molar-refractivity contribution is -0.123. The summed E-state index contributed by atoms with van der Waals surface area (Å²) in [5.74, 6) is -1.12. The van der Waals surface area contributed by atoms with Crippen molar-refractivity contribution in [2.75, 3.05) is 6.54 Å². The lowest BCUT2D eigenvalue weighted by Gasteiger charge is -2.23. The van der Waals surface area contributed by atoms with E-state index in [1.807, 2.05) is 35.6 Å². The van der Waals surface area contributed by atoms with Gasteiger partial charge in [0.25, 0.3) is 11.8 Å². The average Bonchev–Trinajstić information content (AvgIpc) is 3.34. The molecule has 0 saturated heterocycles. The second-order valence-corrected chi connectivity index (χ2v) is 7.57. The smallest absolute Gasteiger partial charge is 0.359 e. The molecule has 0 bridgehead atoms. The van der Waals surface area contributed by atoms with Gasteiger partial charge in [-0.25, -0.2) is 4.68 Å². The number of halogens is 3. The fraction of sp³-hybridized carbons (Fsp3) is 0.333. The number of fused-ring (bicyclic) bond motifs is 1. The zero-order chi connectivity index (χ0) is 22.9. The first kappa shape index (κ1) is 21.6. The highest BCUT2D eigenvalue weighted by molar-refractivity contribution is 6.08. The molecule has 168 valence electrons. The quantitative estimate of drug-likeness (QED) is 0.605. The van der Waals surface area contributed by atoms with Gasteiger partial charge in [-0.2, -0.15) is 18.3 Å². The van der Waals surface area contributed by atoms with Crippen LogP contribution in [0.15, 0.2) is 40.9 Å². The van der Waals surface area contributed by atoms with Crippen molar-refractivity contribution in [3.63, 3.8) is 0 Å². The summed E-state index contributed by atoms with van der Waals surface area (Å²) >= 11 is 0. The van der Waals surface area contributed by atoms with Gasteiger partial charge < -0.3 is 15.2 Å². The Morgan fingerprint density at radius 1 is 1.31 bits per heavy atom. The maximum atomic E-state index is 12.9. The van der Waals surface area contributed by atoms with Crippen LogP contribution < -0.4 is 10.6 Å². The SMILES string of the molecule is Cc1cc(-n2nc3c(c2C(=O)NCC(F)(F)F)C(=O)NC(CCc2ccccc2)C3)no1. The molecule has 3 aromatic rings. The van der Waals surface area contributed by atoms with E-state index in [-0.39, 0.29) is 23.1 Å². The molecule has 1 atom stereocenters. The molecule has 1 aromatic carbocycles. The van der Waals surface area contributed by atoms with Crippen LogP contribution in [0.3, 0.4) is 0 Å². The Hall–Kier alpha value is -3.63. The molecule has 11 heteroatoms. The molecule has 32 heavy (non-hydrogen) atoms. The summed E-state index contributed by atoms with van der Waals surface area (Å²) in [6.45, 7) is 0.0839. The normalized spacial score (nSPS) is 15.9. The zero-order valence-electron chi connectivity index (χ0n) is 17.1. The van der Waals surface area contributed by atoms with Crippen molar-refractivity contribution in [3.8, 4) is 5.82 Å². The predicted octanol–water partition coefficient (Wildman–Crippen LogP) is 2.75. The summed E-state index contributed by atoms with van der Waals surface area (Å²) in [5.41, 5.74) is 1.07. The van der Waals surface area contributed by atoms with E-state index in [1.165, 1.54) is 6.07 Å². The summed E-state index contributed by atoms with van der Waals surface area (Å²) in [6, 6.07) is 11.0. The monoisotopic (exact) mass is 447 g/mol. The number of carbonyl (C=O) groups is 2. The Morgan fingerprint density at radius 2 is 2.06 bits per heavy atom. The van der Waals surface area contributed by atoms with Crippen molar-refractivity contribution in [1.82, 2.24) is 25.6 Å². The van der Waals surface area contributed by atoms with Gasteiger partial charge in [-0.1, -0.05) is 35.5 Å². The number of hydrogen-bond acceptors (Lipinski definition) is 5. The van der Waals surface area contributed by atoms with Crippen LogP contribution in [0.1, 0.15) is 44.3 Å². The Balaban J connectivity index is 1.63. The van der Waals surface area contributed by atoms with E-state index in [1.54, 1.807) is 6.92 Å². The zero-order valence-corrected chi connectivity index (χ0v) is 17.1. The molecular formula is C21H20F3N5O3. The Kier molecular flexibility index (Phi) is 5.72. The molecular weight excluding hydrogens is 427 g/mol. The molecule has 2 aromatic heterocycles. The van der Waals surface area contributed by atoms with E-state index in [2.05, 4.69) is 15.6 Å². The third-order valence-corrected chi connectivity index (χ3v) is 5.08. The lowest BCUT2D eigenvalue weighted by atomic mass is 9.95. The van der Waals surface area contributed by atoms with Crippen LogP contribution >= 0.6 is 0 Å². The average molecular weight is 447 g/mol. The Bertz CT molecular complexity index is 1140. The van der Waals surface area contributed by atoms with Gasteiger partial charge in [0, 0.05) is 18.5 Å². The van der Waals surface area contributed by atoms with Crippen molar-refractivity contribution >= 4 is 11.8 Å². The van der Waals surface area contributed by atoms with Gasteiger partial charge in [-0.3, -0.25) is 9.59 Å². The number of carbonyl (C=O) groups excluding carboxylic acids is 2. The van der Waals surface area contributed by atoms with Gasteiger partial charge in [0.2, 0.25) is 0 Å². The van der Waals surface area contributed by atoms with Crippen LogP contribution in [-0.4, -0.2) is 45.5 Å². The third-order valence-electron chi connectivity index (χ3n) is 5.08. The fourth-order valence-electron chi connectivity index (χ4n) is 3.64. The minimum Gasteiger partial charge on any atom is -0.359 e. The number of alkyl halides is 3. The maximum Gasteiger partial charge on any atom is 0.405 e. The molecule has 1 aliphatic heterocycles. The van der Waals surface area contributed by atoms with Crippen molar-refractivity contribution in [3.05, 3.63) is 64.7 Å². The number of amides is 2. The molecule has 0 aliphatic carbocycles. The maximum absolute atomic E-state index is 12.9. The van der Waals surface area contributed by atoms with Crippen LogP contribution in [0.25, 0.3) is 5.82 Å². The van der Waals surface area contributed by atoms with E-state index >= 15 is 0 Å². The van der Waals surface area contributed by atoms with Gasteiger partial charge in [0.1, 0.15) is 18.0 Å². The van der Waals surface area contributed by atoms with Crippen LogP contribution in [-0.2, 0) is 12.8 Å². The van der Waals surface area contributed by atoms with Gasteiger partial charge in [0.05, 0.1) is 11.3 Å². The van der Waals surface area contributed by atoms with E-state index in [4.69, 9.17) is 4.52 Å². The molecule has 0 fully saturated rings. The highest BCUT2D eigenvalue weighted by atomic mass is 19.4. The predicted molar refractivity (Wildman–Crippen MR) is 106 cm³/mol. The summed E-state index contributed by atoms with van der Waals surface area (Å²) in [4.78, 5) is 25.5. The molecule has 0 radical (unpaired) electrons. The van der Waals surface area contributed by atoms with Crippen molar-refractivity contribution in [2.24, 2.45) is 0 Å². The van der Waals surface area contributed by atoms with Crippen LogP contribution in [0.5, 0.6) is 0 Å². The minimum absolute atomic E-state index is 0.0544. The van der Waals surface area contributed by atoms with Crippen LogP contribution in [0, 0.1) is 6.92 Å². The third kappa shape index (κ3) is 4.66. The standard InChI is InChI=1S/C21H20F3N5O3/c1-12-9-16(28-32-12)29-18(20(31)25-11-21(22,23)24)17-15(27-29)10-14(26-19(17)30)8-7-13-5-3-2-4-6-13/h2-6,9,14H,7-8,10-11H2,1H3,(H,25,31)(H,26,30). The van der Waals surface area contributed by atoms with Crippen molar-refractivity contribution in [1.29, 1.82) is 0 Å². The topological polar surface area (TPSA) is 102 Å². The number of aryl methyl sites for hydroxylation is 2. The fourth-order valence-corrected chi connectivity index (χ4v) is 3.64. The second-order valence-electron chi connectivity index (χ2n) is 7.57. The summed E-state index contributed by atoms with van der Waals surface area (Å²) in [6.07, 6.45) is -2.91. The number of benzene rings is 1. The number of nitrogens with one attached hydrogen (secondary N) is 2. The first-order chi connectivity index (χ1) is 15.2. The molecule has 8 nitrogen and oxygen atoms in total. The summed E-state index contributed by atoms with van der Waals surface area (Å²) in [5, 5.41) is 12.8. The first-order valence-electron chi connectivity index (χ1n) is 9.96.